The molecule has 188 valence electrons. The number of allylic oxidation sites excluding steroid dienone is 1. The van der Waals surface area contributed by atoms with E-state index in [0.717, 1.165) is 6.42 Å². The van der Waals surface area contributed by atoms with Gasteiger partial charge in [0.2, 0.25) is 0 Å². The molecule has 0 rings (SSSR count). The van der Waals surface area contributed by atoms with Gasteiger partial charge in [-0.25, -0.2) is 4.79 Å². The fourth-order valence-corrected chi connectivity index (χ4v) is 102. The van der Waals surface area contributed by atoms with Crippen LogP contribution in [-0.4, -0.2) is 42.5 Å². The van der Waals surface area contributed by atoms with E-state index >= 15 is 0 Å². The van der Waals surface area contributed by atoms with Gasteiger partial charge < -0.3 is 4.74 Å². The van der Waals surface area contributed by atoms with Crippen LogP contribution >= 0.6 is 0 Å². The van der Waals surface area contributed by atoms with Gasteiger partial charge in [0.15, 0.2) is 0 Å². The van der Waals surface area contributed by atoms with E-state index < -0.39 is 29.4 Å². The van der Waals surface area contributed by atoms with Gasteiger partial charge in [0.25, 0.3) is 0 Å². The third-order valence-electron chi connectivity index (χ3n) is 7.24. The quantitative estimate of drug-likeness (QED) is 0.0893. The molecule has 0 saturated carbocycles. The first-order valence-corrected chi connectivity index (χ1v) is 28.6. The Kier molecular flexibility index (Phi) is 13.6. The Labute approximate surface area is 205 Å². The summed E-state index contributed by atoms with van der Waals surface area (Å²) in [6.07, 6.45) is 12.5. The summed E-state index contributed by atoms with van der Waals surface area (Å²) in [5, 5.41) is 0. The molecule has 0 aromatic heterocycles. The summed E-state index contributed by atoms with van der Waals surface area (Å²) in [5.74, 6) is -0.242. The van der Waals surface area contributed by atoms with E-state index in [4.69, 9.17) is 4.74 Å². The molecule has 2 nitrogen and oxygen atoms in total. The van der Waals surface area contributed by atoms with Crippen molar-refractivity contribution in [2.75, 3.05) is 7.11 Å². The Morgan fingerprint density at radius 3 is 1.53 bits per heavy atom. The maximum Gasteiger partial charge on any atom is 0.333 e. The molecule has 0 aliphatic rings. The smallest absolute Gasteiger partial charge is 0.333 e. The Bertz CT molecular complexity index is 583. The van der Waals surface area contributed by atoms with Gasteiger partial charge >= 0.3 is 5.97 Å². The number of rotatable bonds is 16. The minimum atomic E-state index is -1.60. The number of esters is 1. The predicted octanol–water partition coefficient (Wildman–Crippen LogP) is 8.80. The highest BCUT2D eigenvalue weighted by atomic mass is 29.9. The maximum absolute atomic E-state index is 12.2. The minimum absolute atomic E-state index is 0.242. The molecule has 32 heavy (non-hydrogen) atoms. The van der Waals surface area contributed by atoms with E-state index in [0.29, 0.717) is 12.0 Å². The van der Waals surface area contributed by atoms with Crippen molar-refractivity contribution in [2.24, 2.45) is 0 Å². The lowest BCUT2D eigenvalue weighted by molar-refractivity contribution is -0.136. The standard InChI is InChI=1S/C26H56O2Si4/c1-13-14-15-16-17-18-19-20-21-25(22-24(2)26(27)28-3)23-32(29(4,5)6,30(7,8)9)31(10,11)12/h23H,2,13-22H2,1,3-12H3/b25-23+. The number of hydrogen-bond acceptors (Lipinski definition) is 2. The topological polar surface area (TPSA) is 26.3 Å². The van der Waals surface area contributed by atoms with Crippen molar-refractivity contribution in [1.29, 1.82) is 0 Å². The monoisotopic (exact) mass is 512 g/mol. The van der Waals surface area contributed by atoms with Crippen molar-refractivity contribution < 1.29 is 9.53 Å². The lowest BCUT2D eigenvalue weighted by Crippen LogP contribution is -2.82. The summed E-state index contributed by atoms with van der Waals surface area (Å²) in [6, 6.07) is 0. The number of ether oxygens (including phenoxy) is 1. The van der Waals surface area contributed by atoms with Gasteiger partial charge in [0.05, 0.1) is 13.7 Å². The van der Waals surface area contributed by atoms with Crippen LogP contribution in [0.5, 0.6) is 0 Å². The zero-order chi connectivity index (χ0) is 25.2. The largest absolute Gasteiger partial charge is 0.466 e. The SMILES string of the molecule is C=C(C/C(=C/[Si]([Si](C)(C)C)([Si](C)(C)C)[Si](C)(C)C)CCCCCCCCCC)C(=O)OC. The molecule has 0 aromatic carbocycles. The van der Waals surface area contributed by atoms with Crippen molar-refractivity contribution in [3.63, 3.8) is 0 Å². The molecule has 0 N–H and O–H groups in total. The number of carbonyl (C=O) groups excluding carboxylic acids is 1. The molecule has 0 bridgehead atoms. The minimum Gasteiger partial charge on any atom is -0.466 e. The summed E-state index contributed by atoms with van der Waals surface area (Å²) in [4.78, 5) is 12.2. The van der Waals surface area contributed by atoms with Gasteiger partial charge in [-0.3, -0.25) is 0 Å². The molecule has 0 radical (unpaired) electrons. The van der Waals surface area contributed by atoms with Gasteiger partial charge in [0.1, 0.15) is 0 Å². The van der Waals surface area contributed by atoms with Crippen molar-refractivity contribution in [3.8, 4) is 0 Å². The van der Waals surface area contributed by atoms with Crippen LogP contribution in [0.1, 0.15) is 71.1 Å². The van der Waals surface area contributed by atoms with Crippen LogP contribution in [0.2, 0.25) is 58.9 Å². The van der Waals surface area contributed by atoms with Crippen LogP contribution in [0.15, 0.2) is 23.4 Å². The lowest BCUT2D eigenvalue weighted by Gasteiger charge is -2.56. The molecule has 0 aliphatic heterocycles. The maximum atomic E-state index is 12.2. The van der Waals surface area contributed by atoms with Crippen molar-refractivity contribution >= 4 is 35.4 Å². The molecule has 0 aliphatic carbocycles. The molecule has 0 spiro atoms. The van der Waals surface area contributed by atoms with Crippen LogP contribution in [0.25, 0.3) is 0 Å². The fraction of sp³-hybridized carbons (Fsp3) is 0.808. The average Bonchev–Trinajstić information content (AvgIpc) is 2.63. The molecule has 0 unspecified atom stereocenters. The zero-order valence-electron chi connectivity index (χ0n) is 23.7. The Morgan fingerprint density at radius 1 is 0.750 bits per heavy atom. The van der Waals surface area contributed by atoms with Crippen LogP contribution in [0.4, 0.5) is 0 Å². The predicted molar refractivity (Wildman–Crippen MR) is 157 cm³/mol. The van der Waals surface area contributed by atoms with Gasteiger partial charge in [0, 0.05) is 28.3 Å². The second kappa shape index (κ2) is 13.6. The molecule has 0 aromatic rings. The molecule has 0 saturated heterocycles. The summed E-state index contributed by atoms with van der Waals surface area (Å²) < 4.78 is 5.01. The van der Waals surface area contributed by atoms with E-state index in [-0.39, 0.29) is 5.97 Å². The third-order valence-corrected chi connectivity index (χ3v) is 78.3. The first-order valence-electron chi connectivity index (χ1n) is 13.0. The van der Waals surface area contributed by atoms with E-state index in [1.807, 2.05) is 0 Å². The summed E-state index contributed by atoms with van der Waals surface area (Å²) in [7, 11) is -2.70. The van der Waals surface area contributed by atoms with E-state index in [1.165, 1.54) is 64.0 Å². The summed E-state index contributed by atoms with van der Waals surface area (Å²) >= 11 is 0. The van der Waals surface area contributed by atoms with Crippen LogP contribution in [0.3, 0.4) is 0 Å². The van der Waals surface area contributed by atoms with Gasteiger partial charge in [-0.05, 0) is 19.3 Å². The molecule has 0 fully saturated rings. The van der Waals surface area contributed by atoms with Crippen LogP contribution in [-0.2, 0) is 9.53 Å². The number of unbranched alkanes of at least 4 members (excludes halogenated alkanes) is 7. The van der Waals surface area contributed by atoms with E-state index in [1.54, 1.807) is 0 Å². The van der Waals surface area contributed by atoms with Gasteiger partial charge in [-0.2, -0.15) is 0 Å². The molecule has 0 heterocycles. The molecule has 0 amide bonds. The fourth-order valence-electron chi connectivity index (χ4n) is 6.52. The number of methoxy groups -OCH3 is 1. The second-order valence-electron chi connectivity index (χ2n) is 12.9. The van der Waals surface area contributed by atoms with Crippen molar-refractivity contribution in [1.82, 2.24) is 0 Å². The number of carbonyl (C=O) groups is 1. The Morgan fingerprint density at radius 2 is 1.16 bits per heavy atom. The second-order valence-corrected chi connectivity index (χ2v) is 53.4. The first kappa shape index (κ1) is 31.8. The first-order chi connectivity index (χ1) is 14.5. The lowest BCUT2D eigenvalue weighted by atomic mass is 10.0. The average molecular weight is 513 g/mol. The van der Waals surface area contributed by atoms with Crippen molar-refractivity contribution in [3.05, 3.63) is 23.4 Å². The van der Waals surface area contributed by atoms with Crippen LogP contribution < -0.4 is 0 Å². The van der Waals surface area contributed by atoms with E-state index in [2.05, 4.69) is 78.1 Å². The van der Waals surface area contributed by atoms with Gasteiger partial charge in [-0.15, -0.1) is 5.70 Å². The molecular formula is C26H56O2Si4. The highest BCUT2D eigenvalue weighted by Gasteiger charge is 2.60. The highest BCUT2D eigenvalue weighted by molar-refractivity contribution is 7.90. The molecule has 6 heteroatoms. The summed E-state index contributed by atoms with van der Waals surface area (Å²) in [5.41, 5.74) is 5.00. The normalized spacial score (nSPS) is 13.9. The Balaban J connectivity index is 5.86. The summed E-state index contributed by atoms with van der Waals surface area (Å²) in [6.45, 7) is 28.5. The Hall–Kier alpha value is -0.182. The number of hydrogen-bond donors (Lipinski definition) is 0. The molecule has 0 atom stereocenters. The van der Waals surface area contributed by atoms with Crippen molar-refractivity contribution in [2.45, 2.75) is 130 Å². The molecular weight excluding hydrogens is 457 g/mol. The third kappa shape index (κ3) is 9.22. The van der Waals surface area contributed by atoms with E-state index in [9.17, 15) is 4.79 Å². The van der Waals surface area contributed by atoms with Gasteiger partial charge in [-0.1, -0.05) is 123 Å². The zero-order valence-corrected chi connectivity index (χ0v) is 27.7. The highest BCUT2D eigenvalue weighted by Crippen LogP contribution is 2.40. The van der Waals surface area contributed by atoms with Crippen LogP contribution in [0, 0.1) is 0 Å².